The summed E-state index contributed by atoms with van der Waals surface area (Å²) in [7, 11) is 0. The van der Waals surface area contributed by atoms with Crippen molar-refractivity contribution in [3.8, 4) is 11.3 Å². The molecular formula is C18H11Cl2N3O2S. The van der Waals surface area contributed by atoms with Crippen molar-refractivity contribution in [2.45, 2.75) is 6.92 Å². The number of carbonyl (C=O) groups is 1. The fourth-order valence-electron chi connectivity index (χ4n) is 2.62. The van der Waals surface area contributed by atoms with Crippen LogP contribution in [-0.4, -0.2) is 16.0 Å². The Bertz CT molecular complexity index is 1080. The van der Waals surface area contributed by atoms with Gasteiger partial charge in [0.15, 0.2) is 5.13 Å². The Kier molecular flexibility index (Phi) is 4.40. The van der Waals surface area contributed by atoms with Crippen molar-refractivity contribution in [3.63, 3.8) is 0 Å². The van der Waals surface area contributed by atoms with Gasteiger partial charge in [-0.2, -0.15) is 0 Å². The van der Waals surface area contributed by atoms with Crippen LogP contribution in [0.3, 0.4) is 0 Å². The summed E-state index contributed by atoms with van der Waals surface area (Å²) >= 11 is 13.9. The lowest BCUT2D eigenvalue weighted by Crippen LogP contribution is -2.13. The van der Waals surface area contributed by atoms with Crippen LogP contribution < -0.4 is 5.32 Å². The van der Waals surface area contributed by atoms with Gasteiger partial charge in [0.1, 0.15) is 17.0 Å². The number of amides is 1. The predicted octanol–water partition coefficient (Wildman–Crippen LogP) is 5.82. The first-order valence-electron chi connectivity index (χ1n) is 7.62. The molecule has 0 aliphatic heterocycles. The molecule has 0 saturated heterocycles. The summed E-state index contributed by atoms with van der Waals surface area (Å²) in [6.45, 7) is 1.66. The molecule has 26 heavy (non-hydrogen) atoms. The van der Waals surface area contributed by atoms with Crippen molar-refractivity contribution in [2.24, 2.45) is 0 Å². The number of thiazole rings is 1. The van der Waals surface area contributed by atoms with E-state index in [0.717, 1.165) is 10.2 Å². The SMILES string of the molecule is Cc1onc(-c2c(Cl)cccc2Cl)c1C(=O)Nc1nc2ccccc2s1. The molecule has 0 aliphatic rings. The third kappa shape index (κ3) is 2.96. The van der Waals surface area contributed by atoms with E-state index in [9.17, 15) is 4.79 Å². The second-order valence-corrected chi connectivity index (χ2v) is 7.34. The first-order valence-corrected chi connectivity index (χ1v) is 9.19. The van der Waals surface area contributed by atoms with Crippen molar-refractivity contribution in [1.82, 2.24) is 10.1 Å². The first kappa shape index (κ1) is 17.0. The maximum atomic E-state index is 12.9. The van der Waals surface area contributed by atoms with E-state index in [0.29, 0.717) is 32.2 Å². The Morgan fingerprint density at radius 1 is 1.12 bits per heavy atom. The summed E-state index contributed by atoms with van der Waals surface area (Å²) in [5, 5.41) is 8.07. The number of rotatable bonds is 3. The molecule has 1 N–H and O–H groups in total. The van der Waals surface area contributed by atoms with E-state index >= 15 is 0 Å². The Labute approximate surface area is 162 Å². The fourth-order valence-corrected chi connectivity index (χ4v) is 4.06. The second kappa shape index (κ2) is 6.72. The van der Waals surface area contributed by atoms with Crippen LogP contribution in [0.2, 0.25) is 10.0 Å². The summed E-state index contributed by atoms with van der Waals surface area (Å²) < 4.78 is 6.22. The molecule has 1 amide bonds. The van der Waals surface area contributed by atoms with Crippen LogP contribution in [0.5, 0.6) is 0 Å². The van der Waals surface area contributed by atoms with E-state index in [1.165, 1.54) is 11.3 Å². The lowest BCUT2D eigenvalue weighted by Gasteiger charge is -2.06. The zero-order valence-electron chi connectivity index (χ0n) is 13.4. The molecule has 130 valence electrons. The van der Waals surface area contributed by atoms with E-state index in [-0.39, 0.29) is 11.5 Å². The van der Waals surface area contributed by atoms with Gasteiger partial charge in [0.25, 0.3) is 5.91 Å². The number of hydrogen-bond acceptors (Lipinski definition) is 5. The van der Waals surface area contributed by atoms with Gasteiger partial charge < -0.3 is 4.52 Å². The number of carbonyl (C=O) groups excluding carboxylic acids is 1. The van der Waals surface area contributed by atoms with Crippen molar-refractivity contribution in [1.29, 1.82) is 0 Å². The van der Waals surface area contributed by atoms with Gasteiger partial charge >= 0.3 is 0 Å². The van der Waals surface area contributed by atoms with E-state index in [1.807, 2.05) is 24.3 Å². The first-order chi connectivity index (χ1) is 12.5. The van der Waals surface area contributed by atoms with Crippen LogP contribution in [0.25, 0.3) is 21.5 Å². The van der Waals surface area contributed by atoms with Gasteiger partial charge in [0.05, 0.1) is 20.3 Å². The largest absolute Gasteiger partial charge is 0.360 e. The van der Waals surface area contributed by atoms with Crippen LogP contribution in [0.1, 0.15) is 16.1 Å². The fraction of sp³-hybridized carbons (Fsp3) is 0.0556. The molecule has 0 bridgehead atoms. The second-order valence-electron chi connectivity index (χ2n) is 5.50. The lowest BCUT2D eigenvalue weighted by molar-refractivity contribution is 0.102. The molecule has 0 spiro atoms. The van der Waals surface area contributed by atoms with Crippen molar-refractivity contribution in [2.75, 3.05) is 5.32 Å². The number of halogens is 2. The monoisotopic (exact) mass is 403 g/mol. The maximum Gasteiger partial charge on any atom is 0.263 e. The topological polar surface area (TPSA) is 68.0 Å². The highest BCUT2D eigenvalue weighted by Crippen LogP contribution is 2.37. The molecule has 8 heteroatoms. The van der Waals surface area contributed by atoms with Crippen LogP contribution in [0.4, 0.5) is 5.13 Å². The minimum absolute atomic E-state index is 0.277. The molecule has 0 aliphatic carbocycles. The van der Waals surface area contributed by atoms with Gasteiger partial charge in [-0.1, -0.05) is 57.9 Å². The molecule has 2 heterocycles. The number of benzene rings is 2. The quantitative estimate of drug-likeness (QED) is 0.467. The van der Waals surface area contributed by atoms with Crippen LogP contribution in [0.15, 0.2) is 47.0 Å². The third-order valence-corrected chi connectivity index (χ3v) is 5.39. The predicted molar refractivity (Wildman–Crippen MR) is 104 cm³/mol. The zero-order valence-corrected chi connectivity index (χ0v) is 15.7. The average molecular weight is 404 g/mol. The summed E-state index contributed by atoms with van der Waals surface area (Å²) in [4.78, 5) is 17.3. The number of nitrogens with zero attached hydrogens (tertiary/aromatic N) is 2. The Hall–Kier alpha value is -2.41. The third-order valence-electron chi connectivity index (χ3n) is 3.80. The molecular weight excluding hydrogens is 393 g/mol. The van der Waals surface area contributed by atoms with Gasteiger partial charge in [-0.25, -0.2) is 4.98 Å². The molecule has 2 aromatic heterocycles. The van der Waals surface area contributed by atoms with Gasteiger partial charge in [0.2, 0.25) is 0 Å². The molecule has 4 rings (SSSR count). The van der Waals surface area contributed by atoms with Gasteiger partial charge in [-0.15, -0.1) is 0 Å². The Balaban J connectivity index is 1.74. The maximum absolute atomic E-state index is 12.9. The van der Waals surface area contributed by atoms with Crippen LogP contribution in [-0.2, 0) is 0 Å². The van der Waals surface area contributed by atoms with E-state index in [2.05, 4.69) is 15.5 Å². The van der Waals surface area contributed by atoms with Crippen LogP contribution >= 0.6 is 34.5 Å². The molecule has 0 fully saturated rings. The highest BCUT2D eigenvalue weighted by atomic mass is 35.5. The molecule has 0 unspecified atom stereocenters. The normalized spacial score (nSPS) is 11.0. The Morgan fingerprint density at radius 2 is 1.85 bits per heavy atom. The van der Waals surface area contributed by atoms with Crippen molar-refractivity contribution >= 4 is 55.8 Å². The number of aryl methyl sites for hydroxylation is 1. The standard InChI is InChI=1S/C18H11Cl2N3O2S/c1-9-14(16(23-25-9)15-10(19)5-4-6-11(15)20)17(24)22-18-21-12-7-2-3-8-13(12)26-18/h2-8H,1H3,(H,21,22,24). The minimum Gasteiger partial charge on any atom is -0.360 e. The summed E-state index contributed by atoms with van der Waals surface area (Å²) in [6, 6.07) is 12.7. The number of fused-ring (bicyclic) bond motifs is 1. The lowest BCUT2D eigenvalue weighted by atomic mass is 10.1. The van der Waals surface area contributed by atoms with E-state index in [1.54, 1.807) is 25.1 Å². The van der Waals surface area contributed by atoms with E-state index < -0.39 is 0 Å². The molecule has 4 aromatic rings. The molecule has 2 aromatic carbocycles. The zero-order chi connectivity index (χ0) is 18.3. The molecule has 0 radical (unpaired) electrons. The number of hydrogen-bond donors (Lipinski definition) is 1. The highest BCUT2D eigenvalue weighted by Gasteiger charge is 2.25. The minimum atomic E-state index is -0.381. The molecule has 0 saturated carbocycles. The number of para-hydroxylation sites is 1. The summed E-state index contributed by atoms with van der Waals surface area (Å²) in [5.74, 6) is -0.0107. The molecule has 0 atom stereocenters. The van der Waals surface area contributed by atoms with Crippen LogP contribution in [0, 0.1) is 6.92 Å². The number of aromatic nitrogens is 2. The van der Waals surface area contributed by atoms with E-state index in [4.69, 9.17) is 27.7 Å². The van der Waals surface area contributed by atoms with Gasteiger partial charge in [-0.3, -0.25) is 10.1 Å². The summed E-state index contributed by atoms with van der Waals surface area (Å²) in [6.07, 6.45) is 0. The average Bonchev–Trinajstić information content (AvgIpc) is 3.17. The van der Waals surface area contributed by atoms with Gasteiger partial charge in [-0.05, 0) is 31.2 Å². The van der Waals surface area contributed by atoms with Crippen molar-refractivity contribution < 1.29 is 9.32 Å². The Morgan fingerprint density at radius 3 is 2.58 bits per heavy atom. The summed E-state index contributed by atoms with van der Waals surface area (Å²) in [5.41, 5.74) is 1.86. The number of anilines is 1. The number of nitrogens with one attached hydrogen (secondary N) is 1. The molecule has 5 nitrogen and oxygen atoms in total. The van der Waals surface area contributed by atoms with Crippen molar-refractivity contribution in [3.05, 3.63) is 63.8 Å². The smallest absolute Gasteiger partial charge is 0.263 e. The highest BCUT2D eigenvalue weighted by molar-refractivity contribution is 7.22. The van der Waals surface area contributed by atoms with Gasteiger partial charge in [0, 0.05) is 5.56 Å².